The zero-order valence-electron chi connectivity index (χ0n) is 17.2. The van der Waals surface area contributed by atoms with Crippen LogP contribution in [0.15, 0.2) is 78.9 Å². The molecule has 0 bridgehead atoms. The van der Waals surface area contributed by atoms with Gasteiger partial charge in [-0.15, -0.1) is 0 Å². The van der Waals surface area contributed by atoms with Crippen LogP contribution in [0.25, 0.3) is 12.2 Å². The molecule has 0 aliphatic carbocycles. The molecule has 5 heteroatoms. The second-order valence-corrected chi connectivity index (χ2v) is 7.02. The normalized spacial score (nSPS) is 11.1. The molecule has 0 radical (unpaired) electrons. The van der Waals surface area contributed by atoms with E-state index in [9.17, 15) is 9.59 Å². The van der Waals surface area contributed by atoms with Gasteiger partial charge >= 0.3 is 0 Å². The number of allylic oxidation sites excluding steroid dienone is 2. The first-order chi connectivity index (χ1) is 15.0. The minimum Gasteiger partial charge on any atom is -0.493 e. The van der Waals surface area contributed by atoms with Crippen LogP contribution in [0.5, 0.6) is 11.5 Å². The molecule has 0 saturated carbocycles. The molecule has 3 aromatic carbocycles. The van der Waals surface area contributed by atoms with E-state index in [1.807, 2.05) is 24.3 Å². The van der Waals surface area contributed by atoms with Gasteiger partial charge in [-0.3, -0.25) is 9.59 Å². The lowest BCUT2D eigenvalue weighted by molar-refractivity contribution is 0.103. The fourth-order valence-electron chi connectivity index (χ4n) is 2.90. The summed E-state index contributed by atoms with van der Waals surface area (Å²) >= 11 is 6.06. The molecule has 0 saturated heterocycles. The first-order valence-corrected chi connectivity index (χ1v) is 9.91. The average Bonchev–Trinajstić information content (AvgIpc) is 2.81. The van der Waals surface area contributed by atoms with Gasteiger partial charge in [-0.05, 0) is 53.6 Å². The third-order valence-electron chi connectivity index (χ3n) is 4.60. The Bertz CT molecular complexity index is 1140. The van der Waals surface area contributed by atoms with Crippen molar-refractivity contribution in [2.24, 2.45) is 0 Å². The molecule has 0 aromatic heterocycles. The summed E-state index contributed by atoms with van der Waals surface area (Å²) < 4.78 is 10.4. The van der Waals surface area contributed by atoms with Crippen molar-refractivity contribution in [2.45, 2.75) is 0 Å². The van der Waals surface area contributed by atoms with Crippen LogP contribution in [0.4, 0.5) is 0 Å². The highest BCUT2D eigenvalue weighted by molar-refractivity contribution is 6.34. The zero-order chi connectivity index (χ0) is 22.2. The van der Waals surface area contributed by atoms with Gasteiger partial charge in [0.05, 0.1) is 19.2 Å². The summed E-state index contributed by atoms with van der Waals surface area (Å²) in [4.78, 5) is 24.7. The van der Waals surface area contributed by atoms with E-state index in [1.54, 1.807) is 61.7 Å². The van der Waals surface area contributed by atoms with Crippen LogP contribution in [0.2, 0.25) is 5.02 Å². The van der Waals surface area contributed by atoms with E-state index in [1.165, 1.54) is 19.3 Å². The molecule has 156 valence electrons. The molecule has 31 heavy (non-hydrogen) atoms. The SMILES string of the molecule is COc1ccc(C(=O)/C=C/c2ccc(/C=C/C(=O)c3ccccc3Cl)cc2)cc1OC. The van der Waals surface area contributed by atoms with Crippen molar-refractivity contribution in [1.29, 1.82) is 0 Å². The Morgan fingerprint density at radius 3 is 1.90 bits per heavy atom. The largest absolute Gasteiger partial charge is 0.493 e. The van der Waals surface area contributed by atoms with Crippen molar-refractivity contribution in [3.8, 4) is 11.5 Å². The molecule has 0 aliphatic rings. The molecule has 0 amide bonds. The summed E-state index contributed by atoms with van der Waals surface area (Å²) in [5.74, 6) is 0.772. The number of carbonyl (C=O) groups is 2. The van der Waals surface area contributed by atoms with Gasteiger partial charge in [-0.25, -0.2) is 0 Å². The summed E-state index contributed by atoms with van der Waals surface area (Å²) in [6, 6.07) is 19.5. The highest BCUT2D eigenvalue weighted by atomic mass is 35.5. The van der Waals surface area contributed by atoms with Crippen molar-refractivity contribution < 1.29 is 19.1 Å². The lowest BCUT2D eigenvalue weighted by Crippen LogP contribution is -1.97. The summed E-state index contributed by atoms with van der Waals surface area (Å²) in [7, 11) is 3.07. The Balaban J connectivity index is 1.66. The van der Waals surface area contributed by atoms with Crippen molar-refractivity contribution in [1.82, 2.24) is 0 Å². The lowest BCUT2D eigenvalue weighted by atomic mass is 10.1. The van der Waals surface area contributed by atoms with Gasteiger partial charge in [0, 0.05) is 11.1 Å². The highest BCUT2D eigenvalue weighted by Crippen LogP contribution is 2.28. The molecule has 0 N–H and O–H groups in total. The summed E-state index contributed by atoms with van der Waals surface area (Å²) in [5.41, 5.74) is 2.70. The van der Waals surface area contributed by atoms with Gasteiger partial charge < -0.3 is 9.47 Å². The number of benzene rings is 3. The number of rotatable bonds is 8. The monoisotopic (exact) mass is 432 g/mol. The van der Waals surface area contributed by atoms with Crippen LogP contribution in [0.1, 0.15) is 31.8 Å². The number of hydrogen-bond donors (Lipinski definition) is 0. The number of hydrogen-bond acceptors (Lipinski definition) is 4. The van der Waals surface area contributed by atoms with Crippen LogP contribution in [-0.2, 0) is 0 Å². The number of ether oxygens (including phenoxy) is 2. The molecule has 3 rings (SSSR count). The lowest BCUT2D eigenvalue weighted by Gasteiger charge is -2.08. The molecular formula is C26H21ClO4. The number of ketones is 2. The predicted molar refractivity (Wildman–Crippen MR) is 124 cm³/mol. The molecule has 0 spiro atoms. The van der Waals surface area contributed by atoms with Crippen molar-refractivity contribution in [2.75, 3.05) is 14.2 Å². The van der Waals surface area contributed by atoms with E-state index in [0.29, 0.717) is 27.6 Å². The Morgan fingerprint density at radius 1 is 0.742 bits per heavy atom. The number of methoxy groups -OCH3 is 2. The van der Waals surface area contributed by atoms with E-state index < -0.39 is 0 Å². The fraction of sp³-hybridized carbons (Fsp3) is 0.0769. The highest BCUT2D eigenvalue weighted by Gasteiger charge is 2.09. The second-order valence-electron chi connectivity index (χ2n) is 6.61. The molecular weight excluding hydrogens is 412 g/mol. The molecule has 0 fully saturated rings. The fourth-order valence-corrected chi connectivity index (χ4v) is 3.13. The molecule has 4 nitrogen and oxygen atoms in total. The minimum atomic E-state index is -0.157. The zero-order valence-corrected chi connectivity index (χ0v) is 17.9. The van der Waals surface area contributed by atoms with E-state index in [0.717, 1.165) is 11.1 Å². The molecule has 0 heterocycles. The van der Waals surface area contributed by atoms with Crippen LogP contribution in [0, 0.1) is 0 Å². The van der Waals surface area contributed by atoms with E-state index in [4.69, 9.17) is 21.1 Å². The van der Waals surface area contributed by atoms with Crippen molar-refractivity contribution in [3.63, 3.8) is 0 Å². The van der Waals surface area contributed by atoms with Gasteiger partial charge in [0.25, 0.3) is 0 Å². The van der Waals surface area contributed by atoms with Crippen LogP contribution in [0.3, 0.4) is 0 Å². The van der Waals surface area contributed by atoms with Gasteiger partial charge in [0.2, 0.25) is 0 Å². The maximum Gasteiger partial charge on any atom is 0.187 e. The van der Waals surface area contributed by atoms with Gasteiger partial charge in [0.15, 0.2) is 23.1 Å². The minimum absolute atomic E-state index is 0.143. The number of halogens is 1. The maximum absolute atomic E-state index is 12.4. The summed E-state index contributed by atoms with van der Waals surface area (Å²) in [6.45, 7) is 0. The summed E-state index contributed by atoms with van der Waals surface area (Å²) in [5, 5.41) is 0.428. The van der Waals surface area contributed by atoms with Crippen molar-refractivity contribution >= 4 is 35.3 Å². The average molecular weight is 433 g/mol. The topological polar surface area (TPSA) is 52.6 Å². The molecule has 0 aliphatic heterocycles. The molecule has 0 atom stereocenters. The first kappa shape index (κ1) is 22.1. The third-order valence-corrected chi connectivity index (χ3v) is 4.93. The third kappa shape index (κ3) is 5.71. The quantitative estimate of drug-likeness (QED) is 0.316. The molecule has 3 aromatic rings. The Hall–Kier alpha value is -3.63. The first-order valence-electron chi connectivity index (χ1n) is 9.53. The van der Waals surface area contributed by atoms with Gasteiger partial charge in [-0.2, -0.15) is 0 Å². The van der Waals surface area contributed by atoms with Crippen LogP contribution in [-0.4, -0.2) is 25.8 Å². The molecule has 0 unspecified atom stereocenters. The Labute approximate surface area is 186 Å². The van der Waals surface area contributed by atoms with Gasteiger partial charge in [-0.1, -0.05) is 60.2 Å². The predicted octanol–water partition coefficient (Wildman–Crippen LogP) is 6.15. The van der Waals surface area contributed by atoms with Crippen molar-refractivity contribution in [3.05, 3.63) is 106 Å². The summed E-state index contributed by atoms with van der Waals surface area (Å²) in [6.07, 6.45) is 6.47. The van der Waals surface area contributed by atoms with Crippen LogP contribution >= 0.6 is 11.6 Å². The second kappa shape index (κ2) is 10.4. The van der Waals surface area contributed by atoms with E-state index in [2.05, 4.69) is 0 Å². The van der Waals surface area contributed by atoms with E-state index in [-0.39, 0.29) is 11.6 Å². The Morgan fingerprint density at radius 2 is 1.32 bits per heavy atom. The van der Waals surface area contributed by atoms with Crippen LogP contribution < -0.4 is 9.47 Å². The standard InChI is InChI=1S/C26H21ClO4/c1-30-25-16-13-20(17-26(25)31-2)23(28)14-11-18-7-9-19(10-8-18)12-15-24(29)21-5-3-4-6-22(21)27/h3-17H,1-2H3/b14-11+,15-12+. The Kier molecular flexibility index (Phi) is 7.41. The smallest absolute Gasteiger partial charge is 0.187 e. The van der Waals surface area contributed by atoms with E-state index >= 15 is 0 Å². The maximum atomic E-state index is 12.4. The van der Waals surface area contributed by atoms with Gasteiger partial charge in [0.1, 0.15) is 0 Å². The number of carbonyl (C=O) groups excluding carboxylic acids is 2.